The number of benzene rings is 1. The van der Waals surface area contributed by atoms with Gasteiger partial charge < -0.3 is 20.1 Å². The standard InChI is InChI=1S/C19H29FN2O4/c1-5-6-17(24)22(12-11-21-18(25)26-19(2,3)4)13-16(23)14-7-9-15(20)10-8-14/h7-10,16,23H,5-6,11-13H2,1-4H3,(H,21,25). The number of amides is 2. The molecular weight excluding hydrogens is 339 g/mol. The number of carbonyl (C=O) groups excluding carboxylic acids is 2. The Morgan fingerprint density at radius 3 is 2.42 bits per heavy atom. The van der Waals surface area contributed by atoms with E-state index in [9.17, 15) is 19.1 Å². The third-order valence-corrected chi connectivity index (χ3v) is 3.51. The molecule has 0 radical (unpaired) electrons. The first kappa shape index (κ1) is 21.9. The van der Waals surface area contributed by atoms with Crippen molar-refractivity contribution in [3.05, 3.63) is 35.6 Å². The average molecular weight is 368 g/mol. The Labute approximate surface area is 154 Å². The summed E-state index contributed by atoms with van der Waals surface area (Å²) in [6.07, 6.45) is -0.457. The van der Waals surface area contributed by atoms with Gasteiger partial charge in [0, 0.05) is 19.5 Å². The third-order valence-electron chi connectivity index (χ3n) is 3.51. The van der Waals surface area contributed by atoms with E-state index in [0.29, 0.717) is 18.4 Å². The molecule has 146 valence electrons. The molecule has 0 spiro atoms. The van der Waals surface area contributed by atoms with Crippen LogP contribution in [0.3, 0.4) is 0 Å². The van der Waals surface area contributed by atoms with Crippen LogP contribution in [0.4, 0.5) is 9.18 Å². The lowest BCUT2D eigenvalue weighted by molar-refractivity contribution is -0.132. The van der Waals surface area contributed by atoms with Crippen molar-refractivity contribution in [3.63, 3.8) is 0 Å². The molecule has 0 aliphatic rings. The molecule has 26 heavy (non-hydrogen) atoms. The van der Waals surface area contributed by atoms with Crippen molar-refractivity contribution in [3.8, 4) is 0 Å². The number of hydrogen-bond acceptors (Lipinski definition) is 4. The van der Waals surface area contributed by atoms with E-state index in [0.717, 1.165) is 0 Å². The first-order chi connectivity index (χ1) is 12.1. The lowest BCUT2D eigenvalue weighted by atomic mass is 10.1. The van der Waals surface area contributed by atoms with Gasteiger partial charge in [0.2, 0.25) is 5.91 Å². The molecule has 0 saturated carbocycles. The number of aliphatic hydroxyl groups excluding tert-OH is 1. The quantitative estimate of drug-likeness (QED) is 0.739. The summed E-state index contributed by atoms with van der Waals surface area (Å²) in [6.45, 7) is 7.72. The van der Waals surface area contributed by atoms with Crippen LogP contribution in [0.2, 0.25) is 0 Å². The van der Waals surface area contributed by atoms with E-state index in [1.165, 1.54) is 29.2 Å². The fraction of sp³-hybridized carbons (Fsp3) is 0.579. The summed E-state index contributed by atoms with van der Waals surface area (Å²) in [5.41, 5.74) is -0.0681. The van der Waals surface area contributed by atoms with Crippen LogP contribution in [0.5, 0.6) is 0 Å². The Morgan fingerprint density at radius 2 is 1.88 bits per heavy atom. The van der Waals surface area contributed by atoms with Crippen molar-refractivity contribution in [2.45, 2.75) is 52.2 Å². The number of nitrogens with one attached hydrogen (secondary N) is 1. The van der Waals surface area contributed by atoms with Gasteiger partial charge in [-0.05, 0) is 44.9 Å². The second-order valence-corrected chi connectivity index (χ2v) is 7.09. The Bertz CT molecular complexity index is 584. The number of carbonyl (C=O) groups is 2. The minimum atomic E-state index is -0.932. The summed E-state index contributed by atoms with van der Waals surface area (Å²) >= 11 is 0. The number of alkyl carbamates (subject to hydrolysis) is 1. The zero-order valence-corrected chi connectivity index (χ0v) is 15.9. The van der Waals surface area contributed by atoms with Crippen LogP contribution in [0.1, 0.15) is 52.2 Å². The van der Waals surface area contributed by atoms with E-state index in [2.05, 4.69) is 5.32 Å². The van der Waals surface area contributed by atoms with Gasteiger partial charge in [-0.3, -0.25) is 4.79 Å². The highest BCUT2D eigenvalue weighted by atomic mass is 19.1. The van der Waals surface area contributed by atoms with Crippen LogP contribution in [-0.4, -0.2) is 47.2 Å². The van der Waals surface area contributed by atoms with E-state index in [4.69, 9.17) is 4.74 Å². The van der Waals surface area contributed by atoms with E-state index < -0.39 is 17.8 Å². The second-order valence-electron chi connectivity index (χ2n) is 7.09. The summed E-state index contributed by atoms with van der Waals surface area (Å²) < 4.78 is 18.2. The smallest absolute Gasteiger partial charge is 0.407 e. The Balaban J connectivity index is 2.62. The summed E-state index contributed by atoms with van der Waals surface area (Å²) in [5.74, 6) is -0.499. The second kappa shape index (κ2) is 10.1. The van der Waals surface area contributed by atoms with Crippen molar-refractivity contribution >= 4 is 12.0 Å². The highest BCUT2D eigenvalue weighted by molar-refractivity contribution is 5.76. The summed E-state index contributed by atoms with van der Waals surface area (Å²) in [7, 11) is 0. The fourth-order valence-electron chi connectivity index (χ4n) is 2.30. The molecular formula is C19H29FN2O4. The molecule has 0 fully saturated rings. The number of ether oxygens (including phenoxy) is 1. The maximum absolute atomic E-state index is 13.0. The normalized spacial score (nSPS) is 12.4. The molecule has 0 aliphatic heterocycles. The van der Waals surface area contributed by atoms with Gasteiger partial charge in [0.1, 0.15) is 11.4 Å². The minimum Gasteiger partial charge on any atom is -0.444 e. The molecule has 2 amide bonds. The van der Waals surface area contributed by atoms with Crippen LogP contribution in [0.25, 0.3) is 0 Å². The first-order valence-electron chi connectivity index (χ1n) is 8.80. The maximum Gasteiger partial charge on any atom is 0.407 e. The van der Waals surface area contributed by atoms with Gasteiger partial charge in [-0.2, -0.15) is 0 Å². The lowest BCUT2D eigenvalue weighted by Gasteiger charge is -2.26. The lowest BCUT2D eigenvalue weighted by Crippen LogP contribution is -2.41. The molecule has 1 aromatic carbocycles. The Hall–Kier alpha value is -2.15. The van der Waals surface area contributed by atoms with Crippen LogP contribution in [-0.2, 0) is 9.53 Å². The van der Waals surface area contributed by atoms with Crippen molar-refractivity contribution in [2.75, 3.05) is 19.6 Å². The van der Waals surface area contributed by atoms with Crippen LogP contribution in [0, 0.1) is 5.82 Å². The van der Waals surface area contributed by atoms with Gasteiger partial charge in [-0.15, -0.1) is 0 Å². The molecule has 0 aromatic heterocycles. The molecule has 1 rings (SSSR count). The van der Waals surface area contributed by atoms with Gasteiger partial charge in [-0.1, -0.05) is 19.1 Å². The van der Waals surface area contributed by atoms with E-state index in [1.807, 2.05) is 6.92 Å². The third kappa shape index (κ3) is 8.29. The van der Waals surface area contributed by atoms with Crippen LogP contribution >= 0.6 is 0 Å². The number of nitrogens with zero attached hydrogens (tertiary/aromatic N) is 1. The van der Waals surface area contributed by atoms with Crippen LogP contribution < -0.4 is 5.32 Å². The molecule has 6 nitrogen and oxygen atoms in total. The number of hydrogen-bond donors (Lipinski definition) is 2. The monoisotopic (exact) mass is 368 g/mol. The predicted molar refractivity (Wildman–Crippen MR) is 97.1 cm³/mol. The van der Waals surface area contributed by atoms with Crippen molar-refractivity contribution < 1.29 is 23.8 Å². The molecule has 2 N–H and O–H groups in total. The van der Waals surface area contributed by atoms with Crippen molar-refractivity contribution in [1.29, 1.82) is 0 Å². The molecule has 0 bridgehead atoms. The zero-order chi connectivity index (χ0) is 19.7. The van der Waals surface area contributed by atoms with Crippen molar-refractivity contribution in [2.24, 2.45) is 0 Å². The first-order valence-corrected chi connectivity index (χ1v) is 8.80. The van der Waals surface area contributed by atoms with Crippen molar-refractivity contribution in [1.82, 2.24) is 10.2 Å². The zero-order valence-electron chi connectivity index (χ0n) is 15.9. The number of rotatable bonds is 8. The molecule has 1 unspecified atom stereocenters. The molecule has 7 heteroatoms. The van der Waals surface area contributed by atoms with Gasteiger partial charge in [0.15, 0.2) is 0 Å². The fourth-order valence-corrected chi connectivity index (χ4v) is 2.30. The number of halogens is 1. The molecule has 1 aromatic rings. The summed E-state index contributed by atoms with van der Waals surface area (Å²) in [6, 6.07) is 5.50. The Kier molecular flexibility index (Phi) is 8.51. The minimum absolute atomic E-state index is 0.0699. The summed E-state index contributed by atoms with van der Waals surface area (Å²) in [5, 5.41) is 12.9. The number of aliphatic hydroxyl groups is 1. The van der Waals surface area contributed by atoms with E-state index >= 15 is 0 Å². The maximum atomic E-state index is 13.0. The highest BCUT2D eigenvalue weighted by Crippen LogP contribution is 2.15. The average Bonchev–Trinajstić information content (AvgIpc) is 2.53. The molecule has 0 heterocycles. The van der Waals surface area contributed by atoms with E-state index in [1.54, 1.807) is 20.8 Å². The SMILES string of the molecule is CCCC(=O)N(CCNC(=O)OC(C)(C)C)CC(O)c1ccc(F)cc1. The predicted octanol–water partition coefficient (Wildman–Crippen LogP) is 3.01. The van der Waals surface area contributed by atoms with Gasteiger partial charge in [-0.25, -0.2) is 9.18 Å². The van der Waals surface area contributed by atoms with Gasteiger partial charge >= 0.3 is 6.09 Å². The Morgan fingerprint density at radius 1 is 1.27 bits per heavy atom. The van der Waals surface area contributed by atoms with Crippen LogP contribution in [0.15, 0.2) is 24.3 Å². The highest BCUT2D eigenvalue weighted by Gasteiger charge is 2.20. The topological polar surface area (TPSA) is 78.9 Å². The van der Waals surface area contributed by atoms with Gasteiger partial charge in [0.05, 0.1) is 12.6 Å². The van der Waals surface area contributed by atoms with Gasteiger partial charge in [0.25, 0.3) is 0 Å². The molecule has 0 aliphatic carbocycles. The molecule has 1 atom stereocenters. The largest absolute Gasteiger partial charge is 0.444 e. The van der Waals surface area contributed by atoms with E-state index in [-0.39, 0.29) is 31.4 Å². The molecule has 0 saturated heterocycles. The summed E-state index contributed by atoms with van der Waals surface area (Å²) in [4.78, 5) is 25.5.